The van der Waals surface area contributed by atoms with Crippen molar-refractivity contribution in [3.63, 3.8) is 0 Å². The van der Waals surface area contributed by atoms with E-state index in [0.717, 1.165) is 24.8 Å². The molecule has 0 aliphatic heterocycles. The maximum absolute atomic E-state index is 10.1. The van der Waals surface area contributed by atoms with Crippen molar-refractivity contribution in [3.05, 3.63) is 29.8 Å². The zero-order valence-electron chi connectivity index (χ0n) is 8.83. The Morgan fingerprint density at radius 3 is 2.29 bits per heavy atom. The highest BCUT2D eigenvalue weighted by atomic mass is 16.3. The van der Waals surface area contributed by atoms with E-state index in [4.69, 9.17) is 5.11 Å². The van der Waals surface area contributed by atoms with E-state index in [1.807, 2.05) is 6.92 Å². The average molecular weight is 194 g/mol. The Labute approximate surface area is 85.2 Å². The van der Waals surface area contributed by atoms with Gasteiger partial charge in [0, 0.05) is 0 Å². The van der Waals surface area contributed by atoms with Crippen LogP contribution in [0.2, 0.25) is 0 Å². The number of unbranched alkanes of at least 4 members (excludes halogenated alkanes) is 1. The van der Waals surface area contributed by atoms with E-state index in [0.29, 0.717) is 0 Å². The number of hydrogen-bond acceptors (Lipinski definition) is 2. The molecule has 1 unspecified atom stereocenters. The summed E-state index contributed by atoms with van der Waals surface area (Å²) in [5, 5.41) is 19.2. The minimum absolute atomic E-state index is 0.236. The summed E-state index contributed by atoms with van der Waals surface area (Å²) >= 11 is 0. The molecule has 0 aromatic heterocycles. The number of rotatable bonds is 4. The van der Waals surface area contributed by atoms with Gasteiger partial charge in [-0.1, -0.05) is 31.9 Å². The van der Waals surface area contributed by atoms with Crippen LogP contribution in [0.3, 0.4) is 0 Å². The van der Waals surface area contributed by atoms with Crippen LogP contribution in [0, 0.1) is 0 Å². The second kappa shape index (κ2) is 4.47. The Hall–Kier alpha value is -1.02. The number of benzene rings is 1. The molecule has 0 bridgehead atoms. The van der Waals surface area contributed by atoms with E-state index in [1.165, 1.54) is 0 Å². The minimum Gasteiger partial charge on any atom is -0.508 e. The van der Waals surface area contributed by atoms with Gasteiger partial charge in [-0.3, -0.25) is 0 Å². The largest absolute Gasteiger partial charge is 0.508 e. The third kappa shape index (κ3) is 2.74. The first kappa shape index (κ1) is 11.1. The number of phenolic OH excluding ortho intramolecular Hbond substituents is 1. The van der Waals surface area contributed by atoms with Gasteiger partial charge in [0.15, 0.2) is 0 Å². The van der Waals surface area contributed by atoms with E-state index >= 15 is 0 Å². The fraction of sp³-hybridized carbons (Fsp3) is 0.500. The van der Waals surface area contributed by atoms with Crippen molar-refractivity contribution >= 4 is 0 Å². The van der Waals surface area contributed by atoms with Crippen molar-refractivity contribution in [3.8, 4) is 5.75 Å². The van der Waals surface area contributed by atoms with Crippen molar-refractivity contribution in [2.75, 3.05) is 0 Å². The second-order valence-corrected chi connectivity index (χ2v) is 3.92. The molecule has 0 radical (unpaired) electrons. The van der Waals surface area contributed by atoms with E-state index in [-0.39, 0.29) is 5.75 Å². The van der Waals surface area contributed by atoms with Crippen LogP contribution < -0.4 is 0 Å². The average Bonchev–Trinajstić information content (AvgIpc) is 2.16. The van der Waals surface area contributed by atoms with Gasteiger partial charge in [0.05, 0.1) is 5.60 Å². The summed E-state index contributed by atoms with van der Waals surface area (Å²) in [6.45, 7) is 3.92. The summed E-state index contributed by atoms with van der Waals surface area (Å²) in [6, 6.07) is 6.75. The highest BCUT2D eigenvalue weighted by Gasteiger charge is 2.21. The summed E-state index contributed by atoms with van der Waals surface area (Å²) in [6.07, 6.45) is 2.84. The molecule has 0 amide bonds. The predicted molar refractivity (Wildman–Crippen MR) is 57.2 cm³/mol. The summed E-state index contributed by atoms with van der Waals surface area (Å²) in [4.78, 5) is 0. The third-order valence-electron chi connectivity index (χ3n) is 2.51. The zero-order valence-corrected chi connectivity index (χ0v) is 8.83. The Bertz CT molecular complexity index is 275. The van der Waals surface area contributed by atoms with Crippen LogP contribution in [-0.4, -0.2) is 10.2 Å². The topological polar surface area (TPSA) is 40.5 Å². The monoisotopic (exact) mass is 194 g/mol. The van der Waals surface area contributed by atoms with Crippen molar-refractivity contribution in [2.24, 2.45) is 0 Å². The SMILES string of the molecule is CCCCC(C)(O)c1ccc(O)cc1. The summed E-state index contributed by atoms with van der Waals surface area (Å²) in [7, 11) is 0. The zero-order chi connectivity index (χ0) is 10.6. The van der Waals surface area contributed by atoms with Crippen LogP contribution in [0.25, 0.3) is 0 Å². The Morgan fingerprint density at radius 2 is 1.79 bits per heavy atom. The van der Waals surface area contributed by atoms with Crippen LogP contribution in [-0.2, 0) is 5.60 Å². The van der Waals surface area contributed by atoms with Gasteiger partial charge in [0.1, 0.15) is 5.75 Å². The van der Waals surface area contributed by atoms with Gasteiger partial charge < -0.3 is 10.2 Å². The number of aliphatic hydroxyl groups is 1. The molecule has 1 aromatic rings. The first-order valence-electron chi connectivity index (χ1n) is 5.08. The molecule has 0 heterocycles. The first-order chi connectivity index (χ1) is 6.56. The summed E-state index contributed by atoms with van der Waals surface area (Å²) < 4.78 is 0. The van der Waals surface area contributed by atoms with E-state index in [9.17, 15) is 5.11 Å². The van der Waals surface area contributed by atoms with Crippen LogP contribution in [0.5, 0.6) is 5.75 Å². The van der Waals surface area contributed by atoms with Crippen LogP contribution in [0.15, 0.2) is 24.3 Å². The molecule has 0 saturated carbocycles. The Kier molecular flexibility index (Phi) is 3.53. The van der Waals surface area contributed by atoms with Crippen LogP contribution >= 0.6 is 0 Å². The maximum Gasteiger partial charge on any atom is 0.115 e. The molecular formula is C12H18O2. The Balaban J connectivity index is 2.75. The molecule has 0 spiro atoms. The third-order valence-corrected chi connectivity index (χ3v) is 2.51. The van der Waals surface area contributed by atoms with Crippen LogP contribution in [0.4, 0.5) is 0 Å². The molecule has 1 rings (SSSR count). The molecule has 14 heavy (non-hydrogen) atoms. The molecule has 78 valence electrons. The van der Waals surface area contributed by atoms with Crippen molar-refractivity contribution < 1.29 is 10.2 Å². The highest BCUT2D eigenvalue weighted by Crippen LogP contribution is 2.27. The van der Waals surface area contributed by atoms with E-state index in [2.05, 4.69) is 6.92 Å². The highest BCUT2D eigenvalue weighted by molar-refractivity contribution is 5.29. The minimum atomic E-state index is -0.774. The molecule has 0 fully saturated rings. The maximum atomic E-state index is 10.1. The lowest BCUT2D eigenvalue weighted by molar-refractivity contribution is 0.0453. The van der Waals surface area contributed by atoms with E-state index in [1.54, 1.807) is 24.3 Å². The van der Waals surface area contributed by atoms with Gasteiger partial charge in [-0.2, -0.15) is 0 Å². The molecule has 0 saturated heterocycles. The lowest BCUT2D eigenvalue weighted by Gasteiger charge is -2.23. The molecule has 1 atom stereocenters. The van der Waals surface area contributed by atoms with Gasteiger partial charge in [0.25, 0.3) is 0 Å². The van der Waals surface area contributed by atoms with Gasteiger partial charge in [0.2, 0.25) is 0 Å². The summed E-state index contributed by atoms with van der Waals surface area (Å²) in [5.41, 5.74) is 0.0905. The standard InChI is InChI=1S/C12H18O2/c1-3-4-9-12(2,14)10-5-7-11(13)8-6-10/h5-8,13-14H,3-4,9H2,1-2H3. The van der Waals surface area contributed by atoms with Gasteiger partial charge in [-0.15, -0.1) is 0 Å². The predicted octanol–water partition coefficient (Wildman–Crippen LogP) is 2.79. The normalized spacial score (nSPS) is 15.1. The van der Waals surface area contributed by atoms with Crippen molar-refractivity contribution in [1.82, 2.24) is 0 Å². The van der Waals surface area contributed by atoms with E-state index < -0.39 is 5.60 Å². The first-order valence-corrected chi connectivity index (χ1v) is 5.08. The number of phenols is 1. The molecule has 2 N–H and O–H groups in total. The summed E-state index contributed by atoms with van der Waals surface area (Å²) in [5.74, 6) is 0.236. The molecule has 0 aliphatic carbocycles. The lowest BCUT2D eigenvalue weighted by atomic mass is 9.91. The lowest BCUT2D eigenvalue weighted by Crippen LogP contribution is -2.20. The van der Waals surface area contributed by atoms with Gasteiger partial charge in [-0.05, 0) is 31.0 Å². The molecular weight excluding hydrogens is 176 g/mol. The second-order valence-electron chi connectivity index (χ2n) is 3.92. The van der Waals surface area contributed by atoms with Crippen molar-refractivity contribution in [2.45, 2.75) is 38.7 Å². The van der Waals surface area contributed by atoms with Crippen LogP contribution in [0.1, 0.15) is 38.7 Å². The number of hydrogen-bond donors (Lipinski definition) is 2. The molecule has 2 heteroatoms. The Morgan fingerprint density at radius 1 is 1.21 bits per heavy atom. The number of aromatic hydroxyl groups is 1. The van der Waals surface area contributed by atoms with Gasteiger partial charge in [-0.25, -0.2) is 0 Å². The van der Waals surface area contributed by atoms with Crippen molar-refractivity contribution in [1.29, 1.82) is 0 Å². The molecule has 2 nitrogen and oxygen atoms in total. The fourth-order valence-corrected chi connectivity index (χ4v) is 1.49. The molecule has 0 aliphatic rings. The van der Waals surface area contributed by atoms with Gasteiger partial charge >= 0.3 is 0 Å². The molecule has 1 aromatic carbocycles. The fourth-order valence-electron chi connectivity index (χ4n) is 1.49. The smallest absolute Gasteiger partial charge is 0.115 e. The quantitative estimate of drug-likeness (QED) is 0.773.